The van der Waals surface area contributed by atoms with Crippen LogP contribution in [0, 0.1) is 5.82 Å². The molecule has 3 rings (SSSR count). The van der Waals surface area contributed by atoms with Gasteiger partial charge in [-0.25, -0.2) is 12.8 Å². The summed E-state index contributed by atoms with van der Waals surface area (Å²) in [5.41, 5.74) is 0.143. The van der Waals surface area contributed by atoms with E-state index in [0.717, 1.165) is 18.2 Å². The van der Waals surface area contributed by atoms with E-state index >= 15 is 0 Å². The number of benzene rings is 2. The molecule has 2 aromatic rings. The monoisotopic (exact) mass is 444 g/mol. The molecule has 1 fully saturated rings. The predicted molar refractivity (Wildman–Crippen MR) is 100 cm³/mol. The zero-order valence-electron chi connectivity index (χ0n) is 15.7. The number of sulfonamides is 1. The van der Waals surface area contributed by atoms with E-state index in [0.29, 0.717) is 5.56 Å². The lowest BCUT2D eigenvalue weighted by atomic mass is 10.1. The first kappa shape index (κ1) is 22.1. The van der Waals surface area contributed by atoms with Crippen molar-refractivity contribution in [2.45, 2.75) is 18.1 Å². The molecule has 0 saturated carbocycles. The van der Waals surface area contributed by atoms with Gasteiger partial charge >= 0.3 is 6.61 Å². The van der Waals surface area contributed by atoms with E-state index < -0.39 is 33.9 Å². The van der Waals surface area contributed by atoms with Gasteiger partial charge in [-0.05, 0) is 35.9 Å². The molecule has 0 aliphatic carbocycles. The second-order valence-electron chi connectivity index (χ2n) is 6.36. The Labute approximate surface area is 171 Å². The molecule has 0 unspecified atom stereocenters. The van der Waals surface area contributed by atoms with E-state index in [2.05, 4.69) is 10.1 Å². The van der Waals surface area contributed by atoms with Crippen LogP contribution in [0.2, 0.25) is 0 Å². The summed E-state index contributed by atoms with van der Waals surface area (Å²) >= 11 is 0. The van der Waals surface area contributed by atoms with Gasteiger partial charge in [0.1, 0.15) is 11.6 Å². The van der Waals surface area contributed by atoms with Crippen LogP contribution >= 0.6 is 0 Å². The second kappa shape index (κ2) is 9.45. The number of carbonyl (C=O) groups excluding carboxylic acids is 1. The van der Waals surface area contributed by atoms with Crippen LogP contribution in [0.5, 0.6) is 5.75 Å². The van der Waals surface area contributed by atoms with Crippen LogP contribution < -0.4 is 10.1 Å². The van der Waals surface area contributed by atoms with Crippen molar-refractivity contribution in [1.82, 2.24) is 9.62 Å². The standard InChI is InChI=1S/C19H19F3N2O5S/c20-17-6-5-15(30(26,27)24-7-9-28-10-8-24)11-16(17)18(25)23-12-13-1-3-14(4-2-13)29-19(21)22/h1-6,11,19H,7-10,12H2,(H,23,25). The minimum absolute atomic E-state index is 0.0202. The average Bonchev–Trinajstić information content (AvgIpc) is 2.73. The third-order valence-electron chi connectivity index (χ3n) is 4.39. The summed E-state index contributed by atoms with van der Waals surface area (Å²) in [6.45, 7) is -2.10. The Hall–Kier alpha value is -2.63. The van der Waals surface area contributed by atoms with Crippen LogP contribution in [-0.4, -0.2) is 51.5 Å². The van der Waals surface area contributed by atoms with Crippen molar-refractivity contribution in [1.29, 1.82) is 0 Å². The van der Waals surface area contributed by atoms with Crippen molar-refractivity contribution in [2.24, 2.45) is 0 Å². The van der Waals surface area contributed by atoms with Crippen LogP contribution in [0.15, 0.2) is 47.4 Å². The third-order valence-corrected chi connectivity index (χ3v) is 6.29. The summed E-state index contributed by atoms with van der Waals surface area (Å²) in [5.74, 6) is -1.71. The molecular weight excluding hydrogens is 425 g/mol. The lowest BCUT2D eigenvalue weighted by molar-refractivity contribution is -0.0498. The minimum atomic E-state index is -3.89. The SMILES string of the molecule is O=C(NCc1ccc(OC(F)F)cc1)c1cc(S(=O)(=O)N2CCOCC2)ccc1F. The molecule has 0 bridgehead atoms. The Morgan fingerprint density at radius 2 is 1.80 bits per heavy atom. The quantitative estimate of drug-likeness (QED) is 0.709. The van der Waals surface area contributed by atoms with Crippen LogP contribution in [0.1, 0.15) is 15.9 Å². The van der Waals surface area contributed by atoms with Gasteiger partial charge in [-0.2, -0.15) is 13.1 Å². The van der Waals surface area contributed by atoms with Gasteiger partial charge in [0.2, 0.25) is 10.0 Å². The molecular formula is C19H19F3N2O5S. The molecule has 0 radical (unpaired) electrons. The minimum Gasteiger partial charge on any atom is -0.435 e. The molecule has 1 N–H and O–H groups in total. The number of carbonyl (C=O) groups is 1. The summed E-state index contributed by atoms with van der Waals surface area (Å²) in [7, 11) is -3.89. The predicted octanol–water partition coefficient (Wildman–Crippen LogP) is 2.38. The Bertz CT molecular complexity index is 994. The zero-order valence-corrected chi connectivity index (χ0v) is 16.5. The number of amides is 1. The van der Waals surface area contributed by atoms with Crippen LogP contribution in [-0.2, 0) is 21.3 Å². The van der Waals surface area contributed by atoms with E-state index in [9.17, 15) is 26.4 Å². The van der Waals surface area contributed by atoms with Gasteiger partial charge in [-0.1, -0.05) is 12.1 Å². The number of ether oxygens (including phenoxy) is 2. The summed E-state index contributed by atoms with van der Waals surface area (Å²) in [6, 6.07) is 8.58. The fraction of sp³-hybridized carbons (Fsp3) is 0.316. The lowest BCUT2D eigenvalue weighted by Gasteiger charge is -2.26. The molecule has 1 aliphatic heterocycles. The maximum atomic E-state index is 14.2. The van der Waals surface area contributed by atoms with E-state index in [4.69, 9.17) is 4.74 Å². The number of nitrogens with zero attached hydrogens (tertiary/aromatic N) is 1. The molecule has 30 heavy (non-hydrogen) atoms. The maximum Gasteiger partial charge on any atom is 0.387 e. The van der Waals surface area contributed by atoms with Gasteiger partial charge < -0.3 is 14.8 Å². The molecule has 1 heterocycles. The highest BCUT2D eigenvalue weighted by atomic mass is 32.2. The number of rotatable bonds is 7. The number of nitrogens with one attached hydrogen (secondary N) is 1. The molecule has 0 aromatic heterocycles. The molecule has 1 amide bonds. The molecule has 2 aromatic carbocycles. The lowest BCUT2D eigenvalue weighted by Crippen LogP contribution is -2.40. The van der Waals surface area contributed by atoms with Crippen molar-refractivity contribution in [3.8, 4) is 5.75 Å². The smallest absolute Gasteiger partial charge is 0.387 e. The first-order valence-corrected chi connectivity index (χ1v) is 10.4. The van der Waals surface area contributed by atoms with Gasteiger partial charge in [0.25, 0.3) is 5.91 Å². The molecule has 11 heteroatoms. The normalized spacial score (nSPS) is 15.2. The van der Waals surface area contributed by atoms with Gasteiger partial charge in [-0.3, -0.25) is 4.79 Å². The van der Waals surface area contributed by atoms with Gasteiger partial charge in [0.15, 0.2) is 0 Å². The number of hydrogen-bond acceptors (Lipinski definition) is 5. The van der Waals surface area contributed by atoms with Crippen LogP contribution in [0.3, 0.4) is 0 Å². The van der Waals surface area contributed by atoms with Crippen LogP contribution in [0.4, 0.5) is 13.2 Å². The highest BCUT2D eigenvalue weighted by Crippen LogP contribution is 2.21. The summed E-state index contributed by atoms with van der Waals surface area (Å²) in [6.07, 6.45) is 0. The first-order chi connectivity index (χ1) is 14.3. The zero-order chi connectivity index (χ0) is 21.7. The fourth-order valence-electron chi connectivity index (χ4n) is 2.84. The van der Waals surface area contributed by atoms with Crippen molar-refractivity contribution in [3.05, 3.63) is 59.4 Å². The second-order valence-corrected chi connectivity index (χ2v) is 8.30. The van der Waals surface area contributed by atoms with E-state index in [-0.39, 0.29) is 43.5 Å². The largest absolute Gasteiger partial charge is 0.435 e. The number of alkyl halides is 2. The topological polar surface area (TPSA) is 84.9 Å². The molecule has 0 spiro atoms. The van der Waals surface area contributed by atoms with Crippen LogP contribution in [0.25, 0.3) is 0 Å². The molecule has 162 valence electrons. The Kier molecular flexibility index (Phi) is 6.95. The highest BCUT2D eigenvalue weighted by Gasteiger charge is 2.27. The van der Waals surface area contributed by atoms with E-state index in [1.807, 2.05) is 0 Å². The Balaban J connectivity index is 1.70. The summed E-state index contributed by atoms with van der Waals surface area (Å²) < 4.78 is 74.5. The van der Waals surface area contributed by atoms with E-state index in [1.54, 1.807) is 0 Å². The Morgan fingerprint density at radius 1 is 1.13 bits per heavy atom. The van der Waals surface area contributed by atoms with Gasteiger partial charge in [-0.15, -0.1) is 0 Å². The summed E-state index contributed by atoms with van der Waals surface area (Å²) in [5, 5.41) is 2.48. The number of hydrogen-bond donors (Lipinski definition) is 1. The van der Waals surface area contributed by atoms with Crippen molar-refractivity contribution in [2.75, 3.05) is 26.3 Å². The van der Waals surface area contributed by atoms with Gasteiger partial charge in [0.05, 0.1) is 23.7 Å². The molecule has 0 atom stereocenters. The average molecular weight is 444 g/mol. The van der Waals surface area contributed by atoms with E-state index in [1.165, 1.54) is 28.6 Å². The number of morpholine rings is 1. The Morgan fingerprint density at radius 3 is 2.43 bits per heavy atom. The third kappa shape index (κ3) is 5.29. The van der Waals surface area contributed by atoms with Gasteiger partial charge in [0, 0.05) is 19.6 Å². The van der Waals surface area contributed by atoms with Crippen molar-refractivity contribution >= 4 is 15.9 Å². The first-order valence-electron chi connectivity index (χ1n) is 8.97. The maximum absolute atomic E-state index is 14.2. The van der Waals surface area contributed by atoms with Crippen molar-refractivity contribution < 1.29 is 35.9 Å². The fourth-order valence-corrected chi connectivity index (χ4v) is 4.28. The number of halogens is 3. The molecule has 1 aliphatic rings. The molecule has 1 saturated heterocycles. The molecule has 7 nitrogen and oxygen atoms in total. The summed E-state index contributed by atoms with van der Waals surface area (Å²) in [4.78, 5) is 12.2. The highest BCUT2D eigenvalue weighted by molar-refractivity contribution is 7.89. The van der Waals surface area contributed by atoms with Crippen molar-refractivity contribution in [3.63, 3.8) is 0 Å².